The summed E-state index contributed by atoms with van der Waals surface area (Å²) >= 11 is 0. The van der Waals surface area contributed by atoms with Crippen LogP contribution in [-0.4, -0.2) is 27.6 Å². The molecular formula is C12H12O5. The first-order valence-electron chi connectivity index (χ1n) is 5.12. The molecule has 0 fully saturated rings. The molecule has 0 aromatic heterocycles. The smallest absolute Gasteiger partial charge is 0.310 e. The van der Waals surface area contributed by atoms with Gasteiger partial charge in [0.15, 0.2) is 5.76 Å². The predicted molar refractivity (Wildman–Crippen MR) is 59.4 cm³/mol. The third kappa shape index (κ3) is 1.85. The molecule has 5 heteroatoms. The molecule has 1 aromatic rings. The van der Waals surface area contributed by atoms with Crippen LogP contribution in [0.3, 0.4) is 0 Å². The van der Waals surface area contributed by atoms with Crippen LogP contribution in [0, 0.1) is 5.92 Å². The van der Waals surface area contributed by atoms with Crippen molar-refractivity contribution in [1.29, 1.82) is 0 Å². The number of carbonyl (C=O) groups is 1. The highest BCUT2D eigenvalue weighted by atomic mass is 16.6. The minimum Gasteiger partial charge on any atom is -0.506 e. The summed E-state index contributed by atoms with van der Waals surface area (Å²) in [6.45, 7) is 1.45. The van der Waals surface area contributed by atoms with E-state index < -0.39 is 23.9 Å². The molecule has 1 heterocycles. The highest BCUT2D eigenvalue weighted by Crippen LogP contribution is 2.38. The molecule has 2 unspecified atom stereocenters. The minimum absolute atomic E-state index is 0.187. The second-order valence-corrected chi connectivity index (χ2v) is 3.83. The van der Waals surface area contributed by atoms with Gasteiger partial charge in [0.05, 0.1) is 5.92 Å². The fraction of sp³-hybridized carbons (Fsp3) is 0.250. The van der Waals surface area contributed by atoms with Gasteiger partial charge in [0.25, 0.3) is 6.29 Å². The van der Waals surface area contributed by atoms with Crippen LogP contribution in [-0.2, 0) is 4.79 Å². The van der Waals surface area contributed by atoms with Crippen molar-refractivity contribution in [2.24, 2.45) is 5.92 Å². The summed E-state index contributed by atoms with van der Waals surface area (Å²) in [6.07, 6.45) is -1.51. The number of rotatable bonds is 2. The van der Waals surface area contributed by atoms with Crippen molar-refractivity contribution in [3.05, 3.63) is 35.6 Å². The molecule has 0 spiro atoms. The first-order chi connectivity index (χ1) is 8.02. The van der Waals surface area contributed by atoms with E-state index in [2.05, 4.69) is 0 Å². The zero-order valence-corrected chi connectivity index (χ0v) is 9.12. The third-order valence-corrected chi connectivity index (χ3v) is 2.73. The number of aliphatic hydroxyl groups is 2. The van der Waals surface area contributed by atoms with Gasteiger partial charge in [0, 0.05) is 11.1 Å². The molecule has 0 bridgehead atoms. The molecule has 1 aliphatic rings. The molecule has 3 N–H and O–H groups in total. The van der Waals surface area contributed by atoms with Crippen LogP contribution < -0.4 is 4.74 Å². The van der Waals surface area contributed by atoms with E-state index in [1.807, 2.05) is 0 Å². The number of aliphatic hydroxyl groups excluding tert-OH is 2. The summed E-state index contributed by atoms with van der Waals surface area (Å²) in [5.74, 6) is -2.08. The summed E-state index contributed by atoms with van der Waals surface area (Å²) in [7, 11) is 0. The minimum atomic E-state index is -1.51. The van der Waals surface area contributed by atoms with E-state index in [0.29, 0.717) is 11.3 Å². The molecule has 0 aliphatic carbocycles. The normalized spacial score (nSPS) is 20.5. The standard InChI is InChI=1S/C12H12O5/c1-6(11(14)15)9-7-4-2-3-5-8(7)17-12(16)10(9)13/h2-6,12-13,16H,1H3,(H,14,15). The molecule has 17 heavy (non-hydrogen) atoms. The lowest BCUT2D eigenvalue weighted by molar-refractivity contribution is -0.139. The maximum atomic E-state index is 11.0. The maximum absolute atomic E-state index is 11.0. The first kappa shape index (κ1) is 11.5. The summed E-state index contributed by atoms with van der Waals surface area (Å²) in [6, 6.07) is 6.67. The molecule has 90 valence electrons. The molecule has 0 amide bonds. The number of ether oxygens (including phenoxy) is 1. The van der Waals surface area contributed by atoms with Crippen LogP contribution >= 0.6 is 0 Å². The Morgan fingerprint density at radius 3 is 2.71 bits per heavy atom. The fourth-order valence-electron chi connectivity index (χ4n) is 1.82. The van der Waals surface area contributed by atoms with E-state index in [9.17, 15) is 15.0 Å². The SMILES string of the molecule is CC(C(=O)O)C1=C(O)C(O)Oc2ccccc21. The topological polar surface area (TPSA) is 87.0 Å². The van der Waals surface area contributed by atoms with Gasteiger partial charge in [-0.1, -0.05) is 18.2 Å². The van der Waals surface area contributed by atoms with Crippen molar-refractivity contribution in [2.75, 3.05) is 0 Å². The number of hydrogen-bond acceptors (Lipinski definition) is 4. The van der Waals surface area contributed by atoms with Crippen molar-refractivity contribution in [2.45, 2.75) is 13.2 Å². The summed E-state index contributed by atoms with van der Waals surface area (Å²) in [4.78, 5) is 11.0. The number of benzene rings is 1. The molecule has 2 rings (SSSR count). The fourth-order valence-corrected chi connectivity index (χ4v) is 1.82. The zero-order valence-electron chi connectivity index (χ0n) is 9.12. The summed E-state index contributed by atoms with van der Waals surface area (Å²) < 4.78 is 5.06. The number of carboxylic acid groups (broad SMARTS) is 1. The zero-order chi connectivity index (χ0) is 12.6. The molecule has 5 nitrogen and oxygen atoms in total. The van der Waals surface area contributed by atoms with Crippen LogP contribution in [0.5, 0.6) is 5.75 Å². The maximum Gasteiger partial charge on any atom is 0.310 e. The van der Waals surface area contributed by atoms with E-state index in [1.165, 1.54) is 6.92 Å². The number of para-hydroxylation sites is 1. The Morgan fingerprint density at radius 1 is 1.41 bits per heavy atom. The largest absolute Gasteiger partial charge is 0.506 e. The average molecular weight is 236 g/mol. The Kier molecular flexibility index (Phi) is 2.77. The number of aliphatic carboxylic acids is 1. The lowest BCUT2D eigenvalue weighted by Gasteiger charge is -2.26. The third-order valence-electron chi connectivity index (χ3n) is 2.73. The van der Waals surface area contributed by atoms with Crippen molar-refractivity contribution >= 4 is 11.5 Å². The van der Waals surface area contributed by atoms with Crippen molar-refractivity contribution in [3.63, 3.8) is 0 Å². The Bertz CT molecular complexity index is 491. The van der Waals surface area contributed by atoms with Gasteiger partial charge in [0.1, 0.15) is 5.75 Å². The van der Waals surface area contributed by atoms with Crippen molar-refractivity contribution in [1.82, 2.24) is 0 Å². The van der Waals surface area contributed by atoms with Crippen molar-refractivity contribution in [3.8, 4) is 5.75 Å². The molecular weight excluding hydrogens is 224 g/mol. The molecule has 0 saturated heterocycles. The lowest BCUT2D eigenvalue weighted by Crippen LogP contribution is -2.27. The van der Waals surface area contributed by atoms with E-state index in [0.717, 1.165) is 0 Å². The number of carboxylic acids is 1. The van der Waals surface area contributed by atoms with E-state index in [4.69, 9.17) is 9.84 Å². The molecule has 1 aromatic carbocycles. The predicted octanol–water partition coefficient (Wildman–Crippen LogP) is 1.39. The highest BCUT2D eigenvalue weighted by molar-refractivity contribution is 5.89. The lowest BCUT2D eigenvalue weighted by atomic mass is 9.90. The van der Waals surface area contributed by atoms with Crippen LogP contribution in [0.4, 0.5) is 0 Å². The van der Waals surface area contributed by atoms with Crippen LogP contribution in [0.15, 0.2) is 30.0 Å². The van der Waals surface area contributed by atoms with Crippen LogP contribution in [0.1, 0.15) is 12.5 Å². The van der Waals surface area contributed by atoms with Crippen molar-refractivity contribution < 1.29 is 24.9 Å². The molecule has 1 aliphatic heterocycles. The van der Waals surface area contributed by atoms with Gasteiger partial charge in [-0.2, -0.15) is 0 Å². The Morgan fingerprint density at radius 2 is 2.06 bits per heavy atom. The van der Waals surface area contributed by atoms with Crippen LogP contribution in [0.25, 0.3) is 5.57 Å². The first-order valence-corrected chi connectivity index (χ1v) is 5.12. The Balaban J connectivity index is 2.59. The van der Waals surface area contributed by atoms with Gasteiger partial charge in [-0.3, -0.25) is 4.79 Å². The second-order valence-electron chi connectivity index (χ2n) is 3.83. The van der Waals surface area contributed by atoms with Crippen LogP contribution in [0.2, 0.25) is 0 Å². The monoisotopic (exact) mass is 236 g/mol. The average Bonchev–Trinajstić information content (AvgIpc) is 2.30. The molecule has 0 radical (unpaired) electrons. The van der Waals surface area contributed by atoms with Gasteiger partial charge in [-0.25, -0.2) is 0 Å². The summed E-state index contributed by atoms with van der Waals surface area (Å²) in [5, 5.41) is 28.2. The molecule has 0 saturated carbocycles. The van der Waals surface area contributed by atoms with E-state index in [1.54, 1.807) is 24.3 Å². The van der Waals surface area contributed by atoms with Gasteiger partial charge in [0.2, 0.25) is 0 Å². The van der Waals surface area contributed by atoms with E-state index >= 15 is 0 Å². The summed E-state index contributed by atoms with van der Waals surface area (Å²) in [5.41, 5.74) is 0.678. The molecule has 2 atom stereocenters. The van der Waals surface area contributed by atoms with Gasteiger partial charge in [-0.15, -0.1) is 0 Å². The number of hydrogen-bond donors (Lipinski definition) is 3. The number of fused-ring (bicyclic) bond motifs is 1. The Labute approximate surface area is 97.6 Å². The van der Waals surface area contributed by atoms with E-state index in [-0.39, 0.29) is 5.57 Å². The quantitative estimate of drug-likeness (QED) is 0.722. The van der Waals surface area contributed by atoms with Gasteiger partial charge < -0.3 is 20.1 Å². The second kappa shape index (κ2) is 4.10. The van der Waals surface area contributed by atoms with Gasteiger partial charge in [-0.05, 0) is 13.0 Å². The Hall–Kier alpha value is -2.01. The highest BCUT2D eigenvalue weighted by Gasteiger charge is 2.32. The van der Waals surface area contributed by atoms with Gasteiger partial charge >= 0.3 is 5.97 Å².